The fourth-order valence-corrected chi connectivity index (χ4v) is 2.79. The maximum atomic E-state index is 6.18. The summed E-state index contributed by atoms with van der Waals surface area (Å²) >= 11 is 7.65. The second kappa shape index (κ2) is 6.24. The molecule has 2 rings (SSSR count). The van der Waals surface area contributed by atoms with E-state index in [0.29, 0.717) is 5.02 Å². The SMILES string of the molecule is CCC(C)(C)O/C(=C/N(C)C)c1nc2cc(Cl)ccc2s1. The van der Waals surface area contributed by atoms with Crippen molar-refractivity contribution in [3.8, 4) is 0 Å². The van der Waals surface area contributed by atoms with Gasteiger partial charge in [-0.15, -0.1) is 11.3 Å². The van der Waals surface area contributed by atoms with Crippen LogP contribution in [0.5, 0.6) is 0 Å². The zero-order valence-corrected chi connectivity index (χ0v) is 14.7. The van der Waals surface area contributed by atoms with Gasteiger partial charge in [-0.2, -0.15) is 0 Å². The molecule has 0 spiro atoms. The van der Waals surface area contributed by atoms with E-state index in [9.17, 15) is 0 Å². The molecule has 1 heterocycles. The van der Waals surface area contributed by atoms with Gasteiger partial charge in [0.05, 0.1) is 10.2 Å². The van der Waals surface area contributed by atoms with E-state index in [1.807, 2.05) is 43.4 Å². The second-order valence-electron chi connectivity index (χ2n) is 5.80. The standard InChI is InChI=1S/C16H21ClN2OS/c1-6-16(2,3)20-13(10-19(4)5)15-18-12-9-11(17)7-8-14(12)21-15/h7-10H,6H2,1-5H3/b13-10+. The largest absolute Gasteiger partial charge is 0.483 e. The molecule has 1 aromatic heterocycles. The Hall–Kier alpha value is -1.26. The van der Waals surface area contributed by atoms with E-state index >= 15 is 0 Å². The van der Waals surface area contributed by atoms with Gasteiger partial charge < -0.3 is 9.64 Å². The third-order valence-electron chi connectivity index (χ3n) is 3.17. The summed E-state index contributed by atoms with van der Waals surface area (Å²) in [5.41, 5.74) is 0.683. The van der Waals surface area contributed by atoms with Crippen LogP contribution < -0.4 is 0 Å². The van der Waals surface area contributed by atoms with Gasteiger partial charge in [0.15, 0.2) is 10.8 Å². The van der Waals surface area contributed by atoms with Crippen molar-refractivity contribution in [1.29, 1.82) is 0 Å². The molecule has 114 valence electrons. The van der Waals surface area contributed by atoms with Crippen molar-refractivity contribution in [2.45, 2.75) is 32.8 Å². The summed E-state index contributed by atoms with van der Waals surface area (Å²) in [5.74, 6) is 0.796. The molecule has 21 heavy (non-hydrogen) atoms. The van der Waals surface area contributed by atoms with E-state index < -0.39 is 0 Å². The summed E-state index contributed by atoms with van der Waals surface area (Å²) in [6.45, 7) is 6.28. The fraction of sp³-hybridized carbons (Fsp3) is 0.438. The Morgan fingerprint density at radius 2 is 2.14 bits per heavy atom. The van der Waals surface area contributed by atoms with Gasteiger partial charge in [0.1, 0.15) is 5.60 Å². The molecule has 0 saturated carbocycles. The number of hydrogen-bond donors (Lipinski definition) is 0. The number of fused-ring (bicyclic) bond motifs is 1. The summed E-state index contributed by atoms with van der Waals surface area (Å²) in [4.78, 5) is 6.63. The Morgan fingerprint density at radius 1 is 1.43 bits per heavy atom. The first-order chi connectivity index (χ1) is 9.80. The highest BCUT2D eigenvalue weighted by atomic mass is 35.5. The van der Waals surface area contributed by atoms with Gasteiger partial charge in [0.2, 0.25) is 0 Å². The van der Waals surface area contributed by atoms with E-state index in [-0.39, 0.29) is 5.60 Å². The highest BCUT2D eigenvalue weighted by molar-refractivity contribution is 7.19. The van der Waals surface area contributed by atoms with Crippen molar-refractivity contribution in [1.82, 2.24) is 9.88 Å². The van der Waals surface area contributed by atoms with Crippen LogP contribution >= 0.6 is 22.9 Å². The molecule has 0 saturated heterocycles. The summed E-state index contributed by atoms with van der Waals surface area (Å²) in [6.07, 6.45) is 2.89. The number of hydrogen-bond acceptors (Lipinski definition) is 4. The lowest BCUT2D eigenvalue weighted by molar-refractivity contribution is 0.0717. The predicted molar refractivity (Wildman–Crippen MR) is 91.7 cm³/mol. The molecule has 0 aliphatic rings. The van der Waals surface area contributed by atoms with Crippen LogP contribution in [-0.2, 0) is 4.74 Å². The van der Waals surface area contributed by atoms with Crippen molar-refractivity contribution in [3.05, 3.63) is 34.4 Å². The first-order valence-corrected chi connectivity index (χ1v) is 8.14. The molecule has 3 nitrogen and oxygen atoms in total. The molecule has 0 unspecified atom stereocenters. The third kappa shape index (κ3) is 4.11. The average molecular weight is 325 g/mol. The zero-order valence-electron chi connectivity index (χ0n) is 13.1. The van der Waals surface area contributed by atoms with Crippen LogP contribution in [0.1, 0.15) is 32.2 Å². The summed E-state index contributed by atoms with van der Waals surface area (Å²) in [5, 5.41) is 1.58. The molecule has 5 heteroatoms. The summed E-state index contributed by atoms with van der Waals surface area (Å²) < 4.78 is 7.29. The number of rotatable bonds is 5. The molecule has 0 atom stereocenters. The second-order valence-corrected chi connectivity index (χ2v) is 7.27. The summed E-state index contributed by atoms with van der Waals surface area (Å²) in [6, 6.07) is 5.77. The molecular formula is C16H21ClN2OS. The van der Waals surface area contributed by atoms with Crippen LogP contribution in [0, 0.1) is 0 Å². The van der Waals surface area contributed by atoms with E-state index in [1.165, 1.54) is 0 Å². The molecular weight excluding hydrogens is 304 g/mol. The van der Waals surface area contributed by atoms with Crippen LogP contribution in [0.15, 0.2) is 24.4 Å². The number of ether oxygens (including phenoxy) is 1. The topological polar surface area (TPSA) is 25.4 Å². The lowest BCUT2D eigenvalue weighted by Gasteiger charge is -2.26. The molecule has 0 bridgehead atoms. The molecule has 0 N–H and O–H groups in total. The van der Waals surface area contributed by atoms with Crippen LogP contribution in [0.2, 0.25) is 5.02 Å². The van der Waals surface area contributed by atoms with Gasteiger partial charge in [-0.05, 0) is 38.5 Å². The molecule has 2 aromatic rings. The molecule has 0 fully saturated rings. The minimum Gasteiger partial charge on any atom is -0.483 e. The highest BCUT2D eigenvalue weighted by Crippen LogP contribution is 2.32. The van der Waals surface area contributed by atoms with E-state index in [0.717, 1.165) is 27.4 Å². The van der Waals surface area contributed by atoms with Gasteiger partial charge in [-0.3, -0.25) is 0 Å². The van der Waals surface area contributed by atoms with Gasteiger partial charge >= 0.3 is 0 Å². The van der Waals surface area contributed by atoms with Crippen molar-refractivity contribution in [2.24, 2.45) is 0 Å². The molecule has 0 radical (unpaired) electrons. The molecule has 0 aliphatic carbocycles. The Labute approximate surface area is 135 Å². The normalized spacial score (nSPS) is 12.8. The average Bonchev–Trinajstić information content (AvgIpc) is 2.80. The fourth-order valence-electron chi connectivity index (χ4n) is 1.74. The first-order valence-electron chi connectivity index (χ1n) is 6.94. The minimum absolute atomic E-state index is 0.225. The highest BCUT2D eigenvalue weighted by Gasteiger charge is 2.21. The lowest BCUT2D eigenvalue weighted by Crippen LogP contribution is -2.23. The van der Waals surface area contributed by atoms with Crippen molar-refractivity contribution in [2.75, 3.05) is 14.1 Å². The Bertz CT molecular complexity index is 661. The number of halogens is 1. The van der Waals surface area contributed by atoms with Crippen molar-refractivity contribution < 1.29 is 4.74 Å². The van der Waals surface area contributed by atoms with Gasteiger partial charge in [0, 0.05) is 25.3 Å². The van der Waals surface area contributed by atoms with Crippen molar-refractivity contribution in [3.63, 3.8) is 0 Å². The molecule has 1 aromatic carbocycles. The predicted octanol–water partition coefficient (Wildman–Crippen LogP) is 5.01. The third-order valence-corrected chi connectivity index (χ3v) is 4.46. The van der Waals surface area contributed by atoms with Crippen LogP contribution in [-0.4, -0.2) is 29.6 Å². The number of nitrogens with zero attached hydrogens (tertiary/aromatic N) is 2. The monoisotopic (exact) mass is 324 g/mol. The molecule has 0 aliphatic heterocycles. The number of aromatic nitrogens is 1. The minimum atomic E-state index is -0.225. The van der Waals surface area contributed by atoms with Gasteiger partial charge in [0.25, 0.3) is 0 Å². The van der Waals surface area contributed by atoms with Gasteiger partial charge in [-0.25, -0.2) is 4.98 Å². The Morgan fingerprint density at radius 3 is 2.76 bits per heavy atom. The Balaban J connectivity index is 2.43. The molecule has 0 amide bonds. The Kier molecular flexibility index (Phi) is 4.79. The van der Waals surface area contributed by atoms with Crippen LogP contribution in [0.3, 0.4) is 0 Å². The van der Waals surface area contributed by atoms with E-state index in [4.69, 9.17) is 16.3 Å². The zero-order chi connectivity index (χ0) is 15.6. The van der Waals surface area contributed by atoms with Crippen molar-refractivity contribution >= 4 is 38.9 Å². The van der Waals surface area contributed by atoms with E-state index in [2.05, 4.69) is 25.8 Å². The smallest absolute Gasteiger partial charge is 0.171 e. The first kappa shape index (κ1) is 16.1. The lowest BCUT2D eigenvalue weighted by atomic mass is 10.1. The number of benzene rings is 1. The maximum absolute atomic E-state index is 6.18. The van der Waals surface area contributed by atoms with Gasteiger partial charge in [-0.1, -0.05) is 18.5 Å². The van der Waals surface area contributed by atoms with Crippen LogP contribution in [0.4, 0.5) is 0 Å². The maximum Gasteiger partial charge on any atom is 0.171 e. The van der Waals surface area contributed by atoms with E-state index in [1.54, 1.807) is 11.3 Å². The quantitative estimate of drug-likeness (QED) is 0.722. The van der Waals surface area contributed by atoms with Crippen LogP contribution in [0.25, 0.3) is 16.0 Å². The summed E-state index contributed by atoms with van der Waals surface area (Å²) in [7, 11) is 3.96. The number of thiazole rings is 1.